The first-order chi connectivity index (χ1) is 15.0. The Bertz CT molecular complexity index is 1240. The highest BCUT2D eigenvalue weighted by Crippen LogP contribution is 2.13. The first kappa shape index (κ1) is 20.4. The highest BCUT2D eigenvalue weighted by molar-refractivity contribution is 5.94. The number of carbonyl (C=O) groups excluding carboxylic acids is 1. The maximum absolute atomic E-state index is 13.1. The molecule has 0 saturated carbocycles. The van der Waals surface area contributed by atoms with Crippen LogP contribution in [0.15, 0.2) is 77.7 Å². The highest BCUT2D eigenvalue weighted by Gasteiger charge is 2.14. The number of aromatic nitrogens is 3. The molecule has 0 atom stereocenters. The van der Waals surface area contributed by atoms with Crippen LogP contribution < -0.4 is 15.9 Å². The molecule has 0 unspecified atom stereocenters. The molecule has 0 aliphatic carbocycles. The molecule has 0 aliphatic heterocycles. The number of nitrogens with zero attached hydrogens (tertiary/aromatic N) is 4. The molecular weight excluding hydrogens is 390 g/mol. The lowest BCUT2D eigenvalue weighted by molar-refractivity contribution is 0.0952. The lowest BCUT2D eigenvalue weighted by atomic mass is 10.2. The van der Waals surface area contributed by atoms with Crippen LogP contribution in [0.2, 0.25) is 0 Å². The Morgan fingerprint density at radius 3 is 2.42 bits per heavy atom. The van der Waals surface area contributed by atoms with Crippen LogP contribution in [0.4, 0.5) is 5.69 Å². The summed E-state index contributed by atoms with van der Waals surface area (Å²) in [6.07, 6.45) is 1.68. The van der Waals surface area contributed by atoms with E-state index in [-0.39, 0.29) is 11.6 Å². The minimum absolute atomic E-state index is 0.137. The van der Waals surface area contributed by atoms with Gasteiger partial charge in [-0.05, 0) is 42.0 Å². The number of hydrogen-bond donors (Lipinski definition) is 1. The van der Waals surface area contributed by atoms with Crippen molar-refractivity contribution in [3.8, 4) is 0 Å². The van der Waals surface area contributed by atoms with Gasteiger partial charge < -0.3 is 10.2 Å². The summed E-state index contributed by atoms with van der Waals surface area (Å²) in [4.78, 5) is 32.0. The van der Waals surface area contributed by atoms with Gasteiger partial charge in [0.2, 0.25) is 0 Å². The van der Waals surface area contributed by atoms with Crippen LogP contribution in [0.3, 0.4) is 0 Å². The Balaban J connectivity index is 1.50. The van der Waals surface area contributed by atoms with Gasteiger partial charge in [-0.3, -0.25) is 13.9 Å². The number of rotatable bonds is 7. The normalized spacial score (nSPS) is 10.9. The Kier molecular flexibility index (Phi) is 5.84. The van der Waals surface area contributed by atoms with E-state index in [1.165, 1.54) is 0 Å². The van der Waals surface area contributed by atoms with Crippen molar-refractivity contribution in [2.45, 2.75) is 13.1 Å². The van der Waals surface area contributed by atoms with E-state index in [9.17, 15) is 9.59 Å². The third kappa shape index (κ3) is 4.35. The highest BCUT2D eigenvalue weighted by atomic mass is 16.2. The lowest BCUT2D eigenvalue weighted by Gasteiger charge is -2.12. The average Bonchev–Trinajstić information content (AvgIpc) is 3.06. The third-order valence-electron chi connectivity index (χ3n) is 5.22. The standard InChI is InChI=1S/C24H25N5O2/c1-27(2)20-12-10-19(11-13-20)23(30)26-15-16-28-22-21(9-6-14-25-22)29(24(28)31)17-18-7-4-3-5-8-18/h3-14H,15-17H2,1-2H3,(H,26,30). The van der Waals surface area contributed by atoms with Crippen molar-refractivity contribution in [1.82, 2.24) is 19.4 Å². The third-order valence-corrected chi connectivity index (χ3v) is 5.22. The van der Waals surface area contributed by atoms with Crippen molar-refractivity contribution in [3.05, 3.63) is 94.5 Å². The minimum Gasteiger partial charge on any atom is -0.378 e. The van der Waals surface area contributed by atoms with E-state index in [4.69, 9.17) is 0 Å². The van der Waals surface area contributed by atoms with E-state index in [1.807, 2.05) is 73.6 Å². The number of anilines is 1. The lowest BCUT2D eigenvalue weighted by Crippen LogP contribution is -2.32. The fourth-order valence-corrected chi connectivity index (χ4v) is 3.56. The Morgan fingerprint density at radius 2 is 1.71 bits per heavy atom. The van der Waals surface area contributed by atoms with Gasteiger partial charge in [-0.15, -0.1) is 0 Å². The molecule has 1 amide bonds. The first-order valence-electron chi connectivity index (χ1n) is 10.2. The van der Waals surface area contributed by atoms with Gasteiger partial charge in [0.05, 0.1) is 12.1 Å². The Morgan fingerprint density at radius 1 is 0.968 bits per heavy atom. The second-order valence-corrected chi connectivity index (χ2v) is 7.55. The summed E-state index contributed by atoms with van der Waals surface area (Å²) in [5.41, 5.74) is 3.92. The van der Waals surface area contributed by atoms with Crippen LogP contribution in [-0.4, -0.2) is 40.7 Å². The maximum Gasteiger partial charge on any atom is 0.330 e. The summed E-state index contributed by atoms with van der Waals surface area (Å²) in [7, 11) is 3.91. The number of fused-ring (bicyclic) bond motifs is 1. The Labute approximate surface area is 180 Å². The zero-order valence-corrected chi connectivity index (χ0v) is 17.7. The molecule has 7 nitrogen and oxygen atoms in total. The number of imidazole rings is 1. The van der Waals surface area contributed by atoms with Crippen molar-refractivity contribution in [3.63, 3.8) is 0 Å². The van der Waals surface area contributed by atoms with Crippen molar-refractivity contribution < 1.29 is 4.79 Å². The van der Waals surface area contributed by atoms with Gasteiger partial charge in [-0.2, -0.15) is 0 Å². The fourth-order valence-electron chi connectivity index (χ4n) is 3.56. The molecule has 4 rings (SSSR count). The summed E-state index contributed by atoms with van der Waals surface area (Å²) in [6.45, 7) is 1.14. The molecule has 2 heterocycles. The number of nitrogens with one attached hydrogen (secondary N) is 1. The number of benzene rings is 2. The molecule has 0 spiro atoms. The molecule has 4 aromatic rings. The topological polar surface area (TPSA) is 72.2 Å². The molecule has 2 aromatic carbocycles. The van der Waals surface area contributed by atoms with Gasteiger partial charge in [0.15, 0.2) is 5.65 Å². The zero-order chi connectivity index (χ0) is 21.8. The smallest absolute Gasteiger partial charge is 0.330 e. The van der Waals surface area contributed by atoms with Gasteiger partial charge >= 0.3 is 5.69 Å². The molecule has 31 heavy (non-hydrogen) atoms. The van der Waals surface area contributed by atoms with Crippen molar-refractivity contribution in [1.29, 1.82) is 0 Å². The van der Waals surface area contributed by atoms with Gasteiger partial charge in [-0.1, -0.05) is 30.3 Å². The number of pyridine rings is 1. The quantitative estimate of drug-likeness (QED) is 0.504. The van der Waals surface area contributed by atoms with Gasteiger partial charge in [0.25, 0.3) is 5.91 Å². The van der Waals surface area contributed by atoms with E-state index < -0.39 is 0 Å². The monoisotopic (exact) mass is 415 g/mol. The summed E-state index contributed by atoms with van der Waals surface area (Å²) in [6, 6.07) is 21.0. The molecule has 7 heteroatoms. The minimum atomic E-state index is -0.167. The molecule has 0 fully saturated rings. The largest absolute Gasteiger partial charge is 0.378 e. The van der Waals surface area contributed by atoms with Crippen LogP contribution in [0.25, 0.3) is 11.2 Å². The average molecular weight is 415 g/mol. The molecule has 1 N–H and O–H groups in total. The summed E-state index contributed by atoms with van der Waals surface area (Å²) < 4.78 is 3.34. The van der Waals surface area contributed by atoms with E-state index in [0.29, 0.717) is 30.8 Å². The zero-order valence-electron chi connectivity index (χ0n) is 17.7. The predicted octanol–water partition coefficient (Wildman–Crippen LogP) is 2.74. The van der Waals surface area contributed by atoms with Crippen LogP contribution in [0, 0.1) is 0 Å². The van der Waals surface area contributed by atoms with Gasteiger partial charge in [0, 0.05) is 44.6 Å². The predicted molar refractivity (Wildman–Crippen MR) is 123 cm³/mol. The fraction of sp³-hybridized carbons (Fsp3) is 0.208. The van der Waals surface area contributed by atoms with Gasteiger partial charge in [0.1, 0.15) is 0 Å². The van der Waals surface area contributed by atoms with E-state index in [1.54, 1.807) is 27.5 Å². The van der Waals surface area contributed by atoms with Crippen LogP contribution >= 0.6 is 0 Å². The molecule has 0 aliphatic rings. The van der Waals surface area contributed by atoms with Crippen LogP contribution in [-0.2, 0) is 13.1 Å². The summed E-state index contributed by atoms with van der Waals surface area (Å²) >= 11 is 0. The molecule has 0 bridgehead atoms. The molecule has 0 radical (unpaired) electrons. The van der Waals surface area contributed by atoms with E-state index in [0.717, 1.165) is 16.8 Å². The second-order valence-electron chi connectivity index (χ2n) is 7.55. The molecule has 158 valence electrons. The van der Waals surface area contributed by atoms with Crippen LogP contribution in [0.1, 0.15) is 15.9 Å². The second kappa shape index (κ2) is 8.87. The maximum atomic E-state index is 13.1. The van der Waals surface area contributed by atoms with Crippen molar-refractivity contribution in [2.24, 2.45) is 0 Å². The van der Waals surface area contributed by atoms with Crippen molar-refractivity contribution >= 4 is 22.8 Å². The first-order valence-corrected chi connectivity index (χ1v) is 10.2. The summed E-state index contributed by atoms with van der Waals surface area (Å²) in [5, 5.41) is 2.90. The SMILES string of the molecule is CN(C)c1ccc(C(=O)NCCn2c(=O)n(Cc3ccccc3)c3cccnc32)cc1. The number of amides is 1. The molecular formula is C24H25N5O2. The summed E-state index contributed by atoms with van der Waals surface area (Å²) in [5.74, 6) is -0.167. The van der Waals surface area contributed by atoms with E-state index >= 15 is 0 Å². The van der Waals surface area contributed by atoms with Crippen LogP contribution in [0.5, 0.6) is 0 Å². The van der Waals surface area contributed by atoms with E-state index in [2.05, 4.69) is 10.3 Å². The molecule has 2 aromatic heterocycles. The van der Waals surface area contributed by atoms with Gasteiger partial charge in [-0.25, -0.2) is 9.78 Å². The molecule has 0 saturated heterocycles. The Hall–Kier alpha value is -3.87. The number of hydrogen-bond acceptors (Lipinski definition) is 4. The van der Waals surface area contributed by atoms with Crippen molar-refractivity contribution in [2.75, 3.05) is 25.5 Å². The number of carbonyl (C=O) groups is 1.